The fraction of sp³-hybridized carbons (Fsp3) is 0.833. The van der Waals surface area contributed by atoms with Gasteiger partial charge in [0.2, 0.25) is 0 Å². The molecule has 0 atom stereocenters. The van der Waals surface area contributed by atoms with Crippen molar-refractivity contribution in [1.29, 1.82) is 0 Å². The minimum absolute atomic E-state index is 0.0373. The van der Waals surface area contributed by atoms with E-state index in [2.05, 4.69) is 0 Å². The summed E-state index contributed by atoms with van der Waals surface area (Å²) in [6.07, 6.45) is 1.17. The van der Waals surface area contributed by atoms with Crippen molar-refractivity contribution in [2.24, 2.45) is 0 Å². The lowest BCUT2D eigenvalue weighted by Crippen LogP contribution is -2.30. The number of hydrogen-bond donors (Lipinski definition) is 0. The van der Waals surface area contributed by atoms with Crippen LogP contribution in [0.2, 0.25) is 0 Å². The minimum Gasteiger partial charge on any atom is -0.333 e. The average molecular weight is 305 g/mol. The first-order valence-electron chi connectivity index (χ1n) is 3.49. The van der Waals surface area contributed by atoms with Crippen LogP contribution in [0.15, 0.2) is 0 Å². The number of carbonyl (C=O) groups is 1. The van der Waals surface area contributed by atoms with E-state index in [0.717, 1.165) is 0 Å². The van der Waals surface area contributed by atoms with Crippen LogP contribution in [0.25, 0.3) is 0 Å². The maximum absolute atomic E-state index is 10.8. The highest BCUT2D eigenvalue weighted by molar-refractivity contribution is 14.1. The quantitative estimate of drug-likeness (QED) is 0.441. The fourth-order valence-electron chi connectivity index (χ4n) is 0.646. The van der Waals surface area contributed by atoms with Crippen LogP contribution in [0.3, 0.4) is 0 Å². The summed E-state index contributed by atoms with van der Waals surface area (Å²) >= 11 is 1.65. The molecule has 0 aliphatic carbocycles. The summed E-state index contributed by atoms with van der Waals surface area (Å²) in [7, 11) is -2.96. The molecule has 0 unspecified atom stereocenters. The summed E-state index contributed by atoms with van der Waals surface area (Å²) in [5.74, 6) is 0.0373. The van der Waals surface area contributed by atoms with Crippen LogP contribution >= 0.6 is 22.6 Å². The summed E-state index contributed by atoms with van der Waals surface area (Å²) in [5, 5.41) is 0. The Bertz CT molecular complexity index is 250. The fourth-order valence-corrected chi connectivity index (χ4v) is 1.78. The van der Waals surface area contributed by atoms with E-state index in [-0.39, 0.29) is 16.2 Å². The highest BCUT2D eigenvalue weighted by Crippen LogP contribution is 1.99. The third-order valence-electron chi connectivity index (χ3n) is 1.36. The SMILES string of the molecule is CCN(CCS(C)(=O)=O)C(=O)I. The maximum Gasteiger partial charge on any atom is 0.283 e. The molecule has 0 aliphatic heterocycles. The van der Waals surface area contributed by atoms with Gasteiger partial charge in [-0.15, -0.1) is 0 Å². The Balaban J connectivity index is 3.98. The summed E-state index contributed by atoms with van der Waals surface area (Å²) in [4.78, 5) is 12.3. The van der Waals surface area contributed by atoms with E-state index in [1.54, 1.807) is 22.6 Å². The summed E-state index contributed by atoms with van der Waals surface area (Å²) in [6, 6.07) is 0. The van der Waals surface area contributed by atoms with Gasteiger partial charge in [-0.1, -0.05) is 0 Å². The molecule has 72 valence electrons. The van der Waals surface area contributed by atoms with Gasteiger partial charge < -0.3 is 4.90 Å². The number of sulfone groups is 1. The molecule has 0 heterocycles. The highest BCUT2D eigenvalue weighted by Gasteiger charge is 2.10. The third-order valence-corrected chi connectivity index (χ3v) is 2.97. The van der Waals surface area contributed by atoms with Gasteiger partial charge >= 0.3 is 0 Å². The Kier molecular flexibility index (Phi) is 5.07. The number of carbonyl (C=O) groups excluding carboxylic acids is 1. The molecule has 0 aromatic rings. The summed E-state index contributed by atoms with van der Waals surface area (Å²) < 4.78 is 21.4. The van der Waals surface area contributed by atoms with Gasteiger partial charge in [0.15, 0.2) is 0 Å². The van der Waals surface area contributed by atoms with Gasteiger partial charge in [-0.2, -0.15) is 0 Å². The lowest BCUT2D eigenvalue weighted by molar-refractivity contribution is 0.231. The van der Waals surface area contributed by atoms with E-state index in [1.165, 1.54) is 11.2 Å². The molecule has 4 nitrogen and oxygen atoms in total. The summed E-state index contributed by atoms with van der Waals surface area (Å²) in [5.41, 5.74) is 0. The van der Waals surface area contributed by atoms with Crippen LogP contribution in [0.5, 0.6) is 0 Å². The number of nitrogens with zero attached hydrogens (tertiary/aromatic N) is 1. The van der Waals surface area contributed by atoms with Crippen LogP contribution in [0.1, 0.15) is 6.92 Å². The molecule has 0 saturated heterocycles. The molecule has 0 fully saturated rings. The number of amides is 1. The second kappa shape index (κ2) is 5.00. The van der Waals surface area contributed by atoms with Crippen molar-refractivity contribution in [2.45, 2.75) is 6.92 Å². The van der Waals surface area contributed by atoms with Gasteiger partial charge in [-0.05, 0) is 6.92 Å². The molecule has 0 N–H and O–H groups in total. The van der Waals surface area contributed by atoms with Gasteiger partial charge in [0.25, 0.3) is 3.91 Å². The second-order valence-corrected chi connectivity index (χ2v) is 5.65. The molecule has 0 spiro atoms. The van der Waals surface area contributed by atoms with Crippen LogP contribution in [0.4, 0.5) is 4.79 Å². The van der Waals surface area contributed by atoms with Gasteiger partial charge in [-0.3, -0.25) is 4.79 Å². The van der Waals surface area contributed by atoms with E-state index in [9.17, 15) is 13.2 Å². The van der Waals surface area contributed by atoms with Crippen LogP contribution in [-0.2, 0) is 9.84 Å². The van der Waals surface area contributed by atoms with Gasteiger partial charge in [0.05, 0.1) is 5.75 Å². The molecule has 1 amide bonds. The van der Waals surface area contributed by atoms with E-state index >= 15 is 0 Å². The smallest absolute Gasteiger partial charge is 0.283 e. The molecule has 0 rings (SSSR count). The van der Waals surface area contributed by atoms with E-state index < -0.39 is 9.84 Å². The first-order valence-corrected chi connectivity index (χ1v) is 6.63. The maximum atomic E-state index is 10.8. The van der Waals surface area contributed by atoms with Crippen molar-refractivity contribution >= 4 is 36.3 Å². The second-order valence-electron chi connectivity index (χ2n) is 2.46. The predicted octanol–water partition coefficient (Wildman–Crippen LogP) is 0.908. The predicted molar refractivity (Wildman–Crippen MR) is 56.4 cm³/mol. The molecule has 6 heteroatoms. The van der Waals surface area contributed by atoms with Crippen LogP contribution in [0, 0.1) is 0 Å². The van der Waals surface area contributed by atoms with E-state index in [4.69, 9.17) is 0 Å². The average Bonchev–Trinajstić information content (AvgIpc) is 1.85. The number of hydrogen-bond acceptors (Lipinski definition) is 3. The monoisotopic (exact) mass is 305 g/mol. The zero-order chi connectivity index (χ0) is 9.78. The van der Waals surface area contributed by atoms with Crippen LogP contribution < -0.4 is 0 Å². The van der Waals surface area contributed by atoms with Crippen molar-refractivity contribution in [3.05, 3.63) is 0 Å². The normalized spacial score (nSPS) is 11.2. The lowest BCUT2D eigenvalue weighted by atomic mass is 10.6. The standard InChI is InChI=1S/C6H12INO3S/c1-3-8(6(7)9)4-5-12(2,10)11/h3-5H2,1-2H3. The van der Waals surface area contributed by atoms with Gasteiger partial charge in [0.1, 0.15) is 9.84 Å². The highest BCUT2D eigenvalue weighted by atomic mass is 127. The van der Waals surface area contributed by atoms with Crippen molar-refractivity contribution in [2.75, 3.05) is 25.1 Å². The lowest BCUT2D eigenvalue weighted by Gasteiger charge is -2.16. The Morgan fingerprint density at radius 2 is 2.00 bits per heavy atom. The Morgan fingerprint density at radius 3 is 2.25 bits per heavy atom. The zero-order valence-electron chi connectivity index (χ0n) is 7.08. The van der Waals surface area contributed by atoms with Crippen molar-refractivity contribution in [3.8, 4) is 0 Å². The van der Waals surface area contributed by atoms with Gasteiger partial charge in [-0.25, -0.2) is 8.42 Å². The molecule has 0 saturated carbocycles. The van der Waals surface area contributed by atoms with Crippen molar-refractivity contribution in [3.63, 3.8) is 0 Å². The van der Waals surface area contributed by atoms with E-state index in [0.29, 0.717) is 6.54 Å². The Hall–Kier alpha value is 0.150. The molecule has 12 heavy (non-hydrogen) atoms. The van der Waals surface area contributed by atoms with Gasteiger partial charge in [0, 0.05) is 41.9 Å². The Labute approximate surface area is 86.4 Å². The first-order chi connectivity index (χ1) is 5.37. The molecule has 0 aromatic carbocycles. The molecule has 0 aromatic heterocycles. The summed E-state index contributed by atoms with van der Waals surface area (Å²) in [6.45, 7) is 2.66. The minimum atomic E-state index is -2.96. The van der Waals surface area contributed by atoms with E-state index in [1.807, 2.05) is 6.92 Å². The van der Waals surface area contributed by atoms with Crippen molar-refractivity contribution < 1.29 is 13.2 Å². The zero-order valence-corrected chi connectivity index (χ0v) is 10.1. The molecule has 0 bridgehead atoms. The number of rotatable bonds is 4. The Morgan fingerprint density at radius 1 is 1.50 bits per heavy atom. The largest absolute Gasteiger partial charge is 0.333 e. The molecule has 0 aliphatic rings. The van der Waals surface area contributed by atoms with Crippen molar-refractivity contribution in [1.82, 2.24) is 4.90 Å². The molecule has 0 radical (unpaired) electrons. The third kappa shape index (κ3) is 5.76. The van der Waals surface area contributed by atoms with Crippen LogP contribution in [-0.4, -0.2) is 42.3 Å². The molecular formula is C6H12INO3S. The topological polar surface area (TPSA) is 54.5 Å². The molecular weight excluding hydrogens is 293 g/mol. The number of halogens is 1. The first kappa shape index (κ1) is 12.2.